The van der Waals surface area contributed by atoms with Gasteiger partial charge in [0.05, 0.1) is 5.02 Å². The monoisotopic (exact) mass is 360 g/mol. The SMILES string of the molecule is Clc1ccc(CNc2cccc(-n3cccc3)c2)cc1Br. The number of benzene rings is 2. The Morgan fingerprint density at radius 2 is 1.81 bits per heavy atom. The van der Waals surface area contributed by atoms with Crippen LogP contribution in [0.2, 0.25) is 5.02 Å². The molecule has 0 atom stereocenters. The molecule has 0 saturated carbocycles. The molecule has 2 nitrogen and oxygen atoms in total. The Morgan fingerprint density at radius 1 is 1.00 bits per heavy atom. The van der Waals surface area contributed by atoms with Gasteiger partial charge in [0.15, 0.2) is 0 Å². The van der Waals surface area contributed by atoms with Gasteiger partial charge >= 0.3 is 0 Å². The van der Waals surface area contributed by atoms with E-state index in [1.54, 1.807) is 0 Å². The van der Waals surface area contributed by atoms with E-state index in [-0.39, 0.29) is 0 Å². The molecule has 0 unspecified atom stereocenters. The number of nitrogens with one attached hydrogen (secondary N) is 1. The summed E-state index contributed by atoms with van der Waals surface area (Å²) in [7, 11) is 0. The molecule has 0 spiro atoms. The number of anilines is 1. The van der Waals surface area contributed by atoms with E-state index in [1.807, 2.05) is 42.7 Å². The van der Waals surface area contributed by atoms with Gasteiger partial charge in [-0.15, -0.1) is 0 Å². The molecular weight excluding hydrogens is 348 g/mol. The average Bonchev–Trinajstić information content (AvgIpc) is 3.03. The van der Waals surface area contributed by atoms with E-state index >= 15 is 0 Å². The summed E-state index contributed by atoms with van der Waals surface area (Å²) in [5.74, 6) is 0. The van der Waals surface area contributed by atoms with Gasteiger partial charge in [0.1, 0.15) is 0 Å². The summed E-state index contributed by atoms with van der Waals surface area (Å²) in [6.45, 7) is 0.755. The molecule has 0 radical (unpaired) electrons. The first-order valence-corrected chi connectivity index (χ1v) is 7.81. The summed E-state index contributed by atoms with van der Waals surface area (Å²) in [5, 5.41) is 4.16. The summed E-state index contributed by atoms with van der Waals surface area (Å²) in [6, 6.07) is 18.3. The van der Waals surface area contributed by atoms with Crippen LogP contribution in [0.1, 0.15) is 5.56 Å². The van der Waals surface area contributed by atoms with Crippen LogP contribution in [0, 0.1) is 0 Å². The molecule has 21 heavy (non-hydrogen) atoms. The second-order valence-corrected chi connectivity index (χ2v) is 6.00. The van der Waals surface area contributed by atoms with E-state index in [9.17, 15) is 0 Å². The summed E-state index contributed by atoms with van der Waals surface area (Å²) >= 11 is 9.45. The Bertz CT molecular complexity index is 738. The minimum Gasteiger partial charge on any atom is -0.381 e. The highest BCUT2D eigenvalue weighted by atomic mass is 79.9. The van der Waals surface area contributed by atoms with Crippen molar-refractivity contribution in [2.45, 2.75) is 6.54 Å². The predicted molar refractivity (Wildman–Crippen MR) is 92.2 cm³/mol. The van der Waals surface area contributed by atoms with Crippen molar-refractivity contribution in [2.24, 2.45) is 0 Å². The van der Waals surface area contributed by atoms with Crippen LogP contribution in [0.4, 0.5) is 5.69 Å². The maximum absolute atomic E-state index is 6.01. The van der Waals surface area contributed by atoms with Crippen molar-refractivity contribution in [2.75, 3.05) is 5.32 Å². The zero-order valence-corrected chi connectivity index (χ0v) is 13.6. The summed E-state index contributed by atoms with van der Waals surface area (Å²) in [5.41, 5.74) is 3.41. The number of halogens is 2. The van der Waals surface area contributed by atoms with Crippen LogP contribution >= 0.6 is 27.5 Å². The fourth-order valence-corrected chi connectivity index (χ4v) is 2.68. The standard InChI is InChI=1S/C17H14BrClN2/c18-16-10-13(6-7-17(16)19)12-20-14-4-3-5-15(11-14)21-8-1-2-9-21/h1-11,20H,12H2. The van der Waals surface area contributed by atoms with Gasteiger partial charge < -0.3 is 9.88 Å². The van der Waals surface area contributed by atoms with E-state index in [2.05, 4.69) is 50.1 Å². The number of aromatic nitrogens is 1. The third kappa shape index (κ3) is 3.49. The fourth-order valence-electron chi connectivity index (χ4n) is 2.14. The van der Waals surface area contributed by atoms with Gasteiger partial charge in [0, 0.05) is 34.8 Å². The normalized spacial score (nSPS) is 10.6. The first-order chi connectivity index (χ1) is 10.2. The Morgan fingerprint density at radius 3 is 2.57 bits per heavy atom. The van der Waals surface area contributed by atoms with E-state index in [1.165, 1.54) is 5.56 Å². The molecule has 0 amide bonds. The Hall–Kier alpha value is -1.71. The third-order valence-corrected chi connectivity index (χ3v) is 4.44. The van der Waals surface area contributed by atoms with Crippen molar-refractivity contribution in [3.63, 3.8) is 0 Å². The van der Waals surface area contributed by atoms with Crippen LogP contribution in [-0.2, 0) is 6.54 Å². The van der Waals surface area contributed by atoms with E-state index in [4.69, 9.17) is 11.6 Å². The molecule has 0 bridgehead atoms. The lowest BCUT2D eigenvalue weighted by molar-refractivity contribution is 1.07. The van der Waals surface area contributed by atoms with Gasteiger partial charge in [-0.3, -0.25) is 0 Å². The van der Waals surface area contributed by atoms with Gasteiger partial charge in [-0.05, 0) is 64.0 Å². The summed E-state index contributed by atoms with van der Waals surface area (Å²) < 4.78 is 3.01. The van der Waals surface area contributed by atoms with Gasteiger partial charge in [-0.1, -0.05) is 23.7 Å². The molecule has 1 heterocycles. The number of nitrogens with zero attached hydrogens (tertiary/aromatic N) is 1. The molecule has 4 heteroatoms. The minimum absolute atomic E-state index is 0.730. The lowest BCUT2D eigenvalue weighted by atomic mass is 10.2. The molecule has 0 aliphatic rings. The zero-order valence-electron chi connectivity index (χ0n) is 11.3. The highest BCUT2D eigenvalue weighted by molar-refractivity contribution is 9.10. The Labute approximate surface area is 137 Å². The van der Waals surface area contributed by atoms with E-state index in [0.29, 0.717) is 0 Å². The largest absolute Gasteiger partial charge is 0.381 e. The lowest BCUT2D eigenvalue weighted by Crippen LogP contribution is -2.00. The number of hydrogen-bond acceptors (Lipinski definition) is 1. The zero-order chi connectivity index (χ0) is 14.7. The topological polar surface area (TPSA) is 17.0 Å². The second-order valence-electron chi connectivity index (χ2n) is 4.74. The van der Waals surface area contributed by atoms with Crippen molar-refractivity contribution in [3.05, 3.63) is 82.0 Å². The number of rotatable bonds is 4. The lowest BCUT2D eigenvalue weighted by Gasteiger charge is -2.10. The van der Waals surface area contributed by atoms with Crippen molar-refractivity contribution in [1.82, 2.24) is 4.57 Å². The van der Waals surface area contributed by atoms with E-state index < -0.39 is 0 Å². The quantitative estimate of drug-likeness (QED) is 0.649. The fraction of sp³-hybridized carbons (Fsp3) is 0.0588. The molecule has 3 rings (SSSR count). The van der Waals surface area contributed by atoms with Crippen molar-refractivity contribution in [3.8, 4) is 5.69 Å². The minimum atomic E-state index is 0.730. The summed E-state index contributed by atoms with van der Waals surface area (Å²) in [4.78, 5) is 0. The molecule has 106 valence electrons. The maximum atomic E-state index is 6.01. The first-order valence-electron chi connectivity index (χ1n) is 6.63. The summed E-state index contributed by atoms with van der Waals surface area (Å²) in [6.07, 6.45) is 4.07. The molecule has 2 aromatic carbocycles. The molecule has 0 aliphatic carbocycles. The molecule has 1 N–H and O–H groups in total. The molecule has 3 aromatic rings. The van der Waals surface area contributed by atoms with Crippen LogP contribution in [0.15, 0.2) is 71.5 Å². The first kappa shape index (κ1) is 14.2. The second kappa shape index (κ2) is 6.37. The Balaban J connectivity index is 1.73. The molecule has 1 aromatic heterocycles. The van der Waals surface area contributed by atoms with Crippen LogP contribution in [0.3, 0.4) is 0 Å². The highest BCUT2D eigenvalue weighted by Gasteiger charge is 2.01. The van der Waals surface area contributed by atoms with Crippen molar-refractivity contribution >= 4 is 33.2 Å². The van der Waals surface area contributed by atoms with Gasteiger partial charge in [0.25, 0.3) is 0 Å². The van der Waals surface area contributed by atoms with Gasteiger partial charge in [-0.2, -0.15) is 0 Å². The maximum Gasteiger partial charge on any atom is 0.0548 e. The molecule has 0 fully saturated rings. The van der Waals surface area contributed by atoms with Crippen molar-refractivity contribution in [1.29, 1.82) is 0 Å². The molecule has 0 aliphatic heterocycles. The smallest absolute Gasteiger partial charge is 0.0548 e. The predicted octanol–water partition coefficient (Wildman–Crippen LogP) is 5.51. The third-order valence-electron chi connectivity index (χ3n) is 3.23. The Kier molecular flexibility index (Phi) is 4.32. The van der Waals surface area contributed by atoms with Gasteiger partial charge in [-0.25, -0.2) is 0 Å². The van der Waals surface area contributed by atoms with E-state index in [0.717, 1.165) is 27.4 Å². The van der Waals surface area contributed by atoms with Crippen LogP contribution < -0.4 is 5.32 Å². The number of hydrogen-bond donors (Lipinski definition) is 1. The average molecular weight is 362 g/mol. The van der Waals surface area contributed by atoms with Crippen LogP contribution in [0.5, 0.6) is 0 Å². The van der Waals surface area contributed by atoms with Crippen LogP contribution in [0.25, 0.3) is 5.69 Å². The van der Waals surface area contributed by atoms with Crippen molar-refractivity contribution < 1.29 is 0 Å². The van der Waals surface area contributed by atoms with Crippen LogP contribution in [-0.4, -0.2) is 4.57 Å². The molecule has 0 saturated heterocycles. The molecular formula is C17H14BrClN2. The van der Waals surface area contributed by atoms with Gasteiger partial charge in [0.2, 0.25) is 0 Å². The highest BCUT2D eigenvalue weighted by Crippen LogP contribution is 2.24.